The number of ketones is 2. The molecular formula is C31H42ClN3O6. The number of nitrogens with one attached hydrogen (secondary N) is 2. The molecule has 224 valence electrons. The lowest BCUT2D eigenvalue weighted by Gasteiger charge is -2.27. The fourth-order valence-electron chi connectivity index (χ4n) is 5.24. The van der Waals surface area contributed by atoms with E-state index in [0.29, 0.717) is 73.1 Å². The van der Waals surface area contributed by atoms with Crippen LogP contribution in [-0.2, 0) is 19.1 Å². The smallest absolute Gasteiger partial charge is 0.224 e. The number of aromatic amines is 1. The van der Waals surface area contributed by atoms with Crippen molar-refractivity contribution in [2.75, 3.05) is 33.5 Å². The van der Waals surface area contributed by atoms with Gasteiger partial charge < -0.3 is 24.5 Å². The van der Waals surface area contributed by atoms with Crippen LogP contribution in [0.3, 0.4) is 0 Å². The summed E-state index contributed by atoms with van der Waals surface area (Å²) >= 11 is 6.42. The third-order valence-electron chi connectivity index (χ3n) is 7.26. The molecule has 10 heteroatoms. The average Bonchev–Trinajstić information content (AvgIpc) is 3.38. The molecule has 1 heterocycles. The number of amides is 1. The maximum absolute atomic E-state index is 13.5. The molecule has 41 heavy (non-hydrogen) atoms. The summed E-state index contributed by atoms with van der Waals surface area (Å²) in [5.41, 5.74) is 0.664. The summed E-state index contributed by atoms with van der Waals surface area (Å²) in [6, 6.07) is 6.51. The van der Waals surface area contributed by atoms with E-state index in [1.807, 2.05) is 20.8 Å². The van der Waals surface area contributed by atoms with Crippen LogP contribution in [0, 0.1) is 28.6 Å². The first-order chi connectivity index (χ1) is 19.5. The molecule has 2 aromatic rings. The molecule has 3 rings (SSSR count). The van der Waals surface area contributed by atoms with Crippen molar-refractivity contribution in [3.05, 3.63) is 28.9 Å². The second-order valence-electron chi connectivity index (χ2n) is 11.9. The van der Waals surface area contributed by atoms with E-state index in [9.17, 15) is 19.6 Å². The maximum Gasteiger partial charge on any atom is 0.224 e. The van der Waals surface area contributed by atoms with Gasteiger partial charge in [0, 0.05) is 37.2 Å². The van der Waals surface area contributed by atoms with Crippen LogP contribution in [0.15, 0.2) is 18.2 Å². The highest BCUT2D eigenvalue weighted by Gasteiger charge is 2.31. The molecule has 2 N–H and O–H groups in total. The van der Waals surface area contributed by atoms with Crippen LogP contribution in [0.4, 0.5) is 0 Å². The van der Waals surface area contributed by atoms with Crippen LogP contribution < -0.4 is 10.1 Å². The van der Waals surface area contributed by atoms with Crippen molar-refractivity contribution >= 4 is 40.0 Å². The predicted molar refractivity (Wildman–Crippen MR) is 157 cm³/mol. The average molecular weight is 588 g/mol. The first-order valence-corrected chi connectivity index (χ1v) is 14.7. The number of Topliss-reactive ketones (excluding diaryl/α,β-unsaturated/α-hetero) is 2. The molecule has 1 aliphatic carbocycles. The van der Waals surface area contributed by atoms with E-state index in [1.54, 1.807) is 25.3 Å². The van der Waals surface area contributed by atoms with Crippen molar-refractivity contribution < 1.29 is 28.6 Å². The number of carbonyl (C=O) groups is 3. The van der Waals surface area contributed by atoms with Gasteiger partial charge in [-0.3, -0.25) is 14.4 Å². The van der Waals surface area contributed by atoms with Gasteiger partial charge in [-0.15, -0.1) is 0 Å². The summed E-state index contributed by atoms with van der Waals surface area (Å²) in [6.45, 7) is 7.68. The molecule has 0 saturated heterocycles. The molecule has 1 fully saturated rings. The Kier molecular flexibility index (Phi) is 12.2. The minimum Gasteiger partial charge on any atom is -0.490 e. The number of hydrogen-bond acceptors (Lipinski definition) is 7. The fraction of sp³-hybridized carbons (Fsp3) is 0.613. The van der Waals surface area contributed by atoms with E-state index >= 15 is 0 Å². The summed E-state index contributed by atoms with van der Waals surface area (Å²) in [7, 11) is 1.61. The van der Waals surface area contributed by atoms with Gasteiger partial charge in [-0.25, -0.2) is 0 Å². The van der Waals surface area contributed by atoms with Crippen LogP contribution in [-0.4, -0.2) is 62.0 Å². The number of hydrogen-bond donors (Lipinski definition) is 2. The molecule has 0 spiro atoms. The Bertz CT molecular complexity index is 1240. The van der Waals surface area contributed by atoms with Crippen molar-refractivity contribution in [1.29, 1.82) is 5.26 Å². The topological polar surface area (TPSA) is 131 Å². The van der Waals surface area contributed by atoms with Gasteiger partial charge in [0.25, 0.3) is 0 Å². The lowest BCUT2D eigenvalue weighted by molar-refractivity contribution is -0.128. The molecule has 0 bridgehead atoms. The Morgan fingerprint density at radius 3 is 2.63 bits per heavy atom. The first kappa shape index (κ1) is 32.6. The molecule has 1 amide bonds. The third-order valence-corrected chi connectivity index (χ3v) is 7.57. The van der Waals surface area contributed by atoms with Crippen molar-refractivity contribution in [1.82, 2.24) is 10.3 Å². The molecule has 0 radical (unpaired) electrons. The van der Waals surface area contributed by atoms with E-state index in [-0.39, 0.29) is 35.2 Å². The van der Waals surface area contributed by atoms with Crippen molar-refractivity contribution in [3.8, 4) is 11.8 Å². The minimum absolute atomic E-state index is 0.0441. The van der Waals surface area contributed by atoms with Gasteiger partial charge in [0.15, 0.2) is 5.78 Å². The van der Waals surface area contributed by atoms with Gasteiger partial charge in [-0.1, -0.05) is 38.8 Å². The van der Waals surface area contributed by atoms with Crippen LogP contribution in [0.1, 0.15) is 76.2 Å². The van der Waals surface area contributed by atoms with Gasteiger partial charge in [0.1, 0.15) is 24.2 Å². The number of halogens is 1. The lowest BCUT2D eigenvalue weighted by Crippen LogP contribution is -2.42. The second-order valence-corrected chi connectivity index (χ2v) is 12.3. The van der Waals surface area contributed by atoms with Crippen molar-refractivity contribution in [2.45, 2.75) is 71.8 Å². The van der Waals surface area contributed by atoms with E-state index in [0.717, 1.165) is 19.3 Å². The fourth-order valence-corrected chi connectivity index (χ4v) is 5.46. The van der Waals surface area contributed by atoms with Gasteiger partial charge in [0.05, 0.1) is 42.1 Å². The number of aromatic nitrogens is 1. The Morgan fingerprint density at radius 1 is 1.20 bits per heavy atom. The number of fused-ring (bicyclic) bond motifs is 1. The molecule has 9 nitrogen and oxygen atoms in total. The number of nitriles is 1. The third kappa shape index (κ3) is 9.84. The summed E-state index contributed by atoms with van der Waals surface area (Å²) in [4.78, 5) is 42.3. The number of benzene rings is 1. The van der Waals surface area contributed by atoms with Gasteiger partial charge >= 0.3 is 0 Å². The highest BCUT2D eigenvalue weighted by atomic mass is 35.5. The van der Waals surface area contributed by atoms with Crippen LogP contribution in [0.2, 0.25) is 5.02 Å². The maximum atomic E-state index is 13.5. The SMILES string of the molecule is COCCOCCOc1ccc(Cl)c2[nH]c(C(=O)CC(CC(C)(C)C)C(=O)NC(C#N)CC3CCCCC3=O)cc12. The summed E-state index contributed by atoms with van der Waals surface area (Å²) in [5, 5.41) is 13.7. The van der Waals surface area contributed by atoms with E-state index < -0.39 is 12.0 Å². The Hall–Kier alpha value is -2.93. The standard InChI is InChI=1S/C31H42ClN3O6/c1-31(2,3)18-21(30(38)34-22(19-33)15-20-7-5-6-8-26(20)36)16-27(37)25-17-23-28(10-9-24(32)29(23)35-25)41-14-13-40-12-11-39-4/h9-10,17,20-22,35H,5-8,11-16,18H2,1-4H3,(H,34,38). The van der Waals surface area contributed by atoms with E-state index in [4.69, 9.17) is 25.8 Å². The van der Waals surface area contributed by atoms with Crippen LogP contribution in [0.5, 0.6) is 5.75 Å². The zero-order valence-electron chi connectivity index (χ0n) is 24.5. The Labute approximate surface area is 247 Å². The molecule has 0 aliphatic heterocycles. The minimum atomic E-state index is -0.780. The van der Waals surface area contributed by atoms with E-state index in [1.165, 1.54) is 0 Å². The summed E-state index contributed by atoms with van der Waals surface area (Å²) in [5.74, 6) is -0.732. The molecular weight excluding hydrogens is 546 g/mol. The molecule has 3 atom stereocenters. The predicted octanol–water partition coefficient (Wildman–Crippen LogP) is 5.65. The van der Waals surface area contributed by atoms with Crippen molar-refractivity contribution in [2.24, 2.45) is 17.3 Å². The number of rotatable bonds is 15. The summed E-state index contributed by atoms with van der Waals surface area (Å²) < 4.78 is 16.3. The molecule has 1 aromatic heterocycles. The highest BCUT2D eigenvalue weighted by Crippen LogP contribution is 2.34. The molecule has 3 unspecified atom stereocenters. The summed E-state index contributed by atoms with van der Waals surface area (Å²) in [6.07, 6.45) is 3.81. The largest absolute Gasteiger partial charge is 0.490 e. The monoisotopic (exact) mass is 587 g/mol. The highest BCUT2D eigenvalue weighted by molar-refractivity contribution is 6.35. The number of ether oxygens (including phenoxy) is 3. The number of nitrogens with zero attached hydrogens (tertiary/aromatic N) is 1. The Balaban J connectivity index is 1.72. The number of H-pyrrole nitrogens is 1. The zero-order chi connectivity index (χ0) is 30.0. The van der Waals surface area contributed by atoms with Gasteiger partial charge in [-0.05, 0) is 49.3 Å². The number of carbonyl (C=O) groups excluding carboxylic acids is 3. The second kappa shape index (κ2) is 15.3. The molecule has 1 aromatic carbocycles. The Morgan fingerprint density at radius 2 is 1.95 bits per heavy atom. The van der Waals surface area contributed by atoms with Crippen LogP contribution >= 0.6 is 11.6 Å². The first-order valence-electron chi connectivity index (χ1n) is 14.3. The number of methoxy groups -OCH3 is 1. The molecule has 1 saturated carbocycles. The van der Waals surface area contributed by atoms with Crippen molar-refractivity contribution in [3.63, 3.8) is 0 Å². The van der Waals surface area contributed by atoms with Gasteiger partial charge in [-0.2, -0.15) is 5.26 Å². The van der Waals surface area contributed by atoms with Gasteiger partial charge in [0.2, 0.25) is 5.91 Å². The quantitative estimate of drug-likeness (QED) is 0.203. The zero-order valence-corrected chi connectivity index (χ0v) is 25.3. The lowest BCUT2D eigenvalue weighted by atomic mass is 9.81. The molecule has 1 aliphatic rings. The normalized spacial score (nSPS) is 17.2. The van der Waals surface area contributed by atoms with Crippen LogP contribution in [0.25, 0.3) is 10.9 Å². The van der Waals surface area contributed by atoms with E-state index in [2.05, 4.69) is 16.4 Å².